The molecule has 0 aromatic carbocycles. The van der Waals surface area contributed by atoms with Crippen molar-refractivity contribution in [3.8, 4) is 0 Å². The fraction of sp³-hybridized carbons (Fsp3) is 0.700. The van der Waals surface area contributed by atoms with Crippen LogP contribution in [0, 0.1) is 5.92 Å². The van der Waals surface area contributed by atoms with Crippen molar-refractivity contribution in [2.75, 3.05) is 13.1 Å². The van der Waals surface area contributed by atoms with Gasteiger partial charge in [0.1, 0.15) is 12.4 Å². The van der Waals surface area contributed by atoms with Gasteiger partial charge in [-0.15, -0.1) is 0 Å². The zero-order valence-electron chi connectivity index (χ0n) is 8.20. The van der Waals surface area contributed by atoms with E-state index in [2.05, 4.69) is 10.3 Å². The van der Waals surface area contributed by atoms with Gasteiger partial charge in [-0.1, -0.05) is 0 Å². The SMILES string of the molecule is OCc1cnc(CC2CCCNC2)o1. The molecule has 4 nitrogen and oxygen atoms in total. The first-order valence-corrected chi connectivity index (χ1v) is 5.13. The molecule has 1 aromatic heterocycles. The van der Waals surface area contributed by atoms with Crippen LogP contribution < -0.4 is 5.32 Å². The van der Waals surface area contributed by atoms with Crippen LogP contribution in [0.5, 0.6) is 0 Å². The zero-order chi connectivity index (χ0) is 9.80. The second kappa shape index (κ2) is 4.57. The van der Waals surface area contributed by atoms with Gasteiger partial charge in [-0.2, -0.15) is 0 Å². The van der Waals surface area contributed by atoms with Crippen molar-refractivity contribution in [3.63, 3.8) is 0 Å². The smallest absolute Gasteiger partial charge is 0.194 e. The Morgan fingerprint density at radius 3 is 3.21 bits per heavy atom. The maximum atomic E-state index is 8.81. The van der Waals surface area contributed by atoms with E-state index in [1.54, 1.807) is 6.20 Å². The largest absolute Gasteiger partial charge is 0.443 e. The van der Waals surface area contributed by atoms with Crippen molar-refractivity contribution < 1.29 is 9.52 Å². The minimum Gasteiger partial charge on any atom is -0.443 e. The molecular weight excluding hydrogens is 180 g/mol. The number of rotatable bonds is 3. The third-order valence-corrected chi connectivity index (χ3v) is 2.62. The molecule has 0 saturated carbocycles. The van der Waals surface area contributed by atoms with Gasteiger partial charge >= 0.3 is 0 Å². The van der Waals surface area contributed by atoms with Crippen LogP contribution in [0.1, 0.15) is 24.5 Å². The molecule has 1 saturated heterocycles. The summed E-state index contributed by atoms with van der Waals surface area (Å²) in [5.41, 5.74) is 0. The van der Waals surface area contributed by atoms with Gasteiger partial charge in [-0.3, -0.25) is 0 Å². The summed E-state index contributed by atoms with van der Waals surface area (Å²) in [5.74, 6) is 1.94. The van der Waals surface area contributed by atoms with E-state index < -0.39 is 0 Å². The minimum absolute atomic E-state index is 0.0596. The average molecular weight is 196 g/mol. The molecule has 1 atom stereocenters. The normalized spacial score (nSPS) is 22.5. The topological polar surface area (TPSA) is 58.3 Å². The molecule has 1 unspecified atom stereocenters. The molecule has 0 bridgehead atoms. The molecule has 0 aliphatic carbocycles. The number of nitrogens with one attached hydrogen (secondary N) is 1. The van der Waals surface area contributed by atoms with Gasteiger partial charge in [0.15, 0.2) is 5.89 Å². The summed E-state index contributed by atoms with van der Waals surface area (Å²) >= 11 is 0. The van der Waals surface area contributed by atoms with Crippen molar-refractivity contribution in [2.45, 2.75) is 25.9 Å². The lowest BCUT2D eigenvalue weighted by molar-refractivity contribution is 0.239. The van der Waals surface area contributed by atoms with E-state index in [1.807, 2.05) is 0 Å². The monoisotopic (exact) mass is 196 g/mol. The molecule has 2 heterocycles. The van der Waals surface area contributed by atoms with E-state index in [0.29, 0.717) is 11.7 Å². The van der Waals surface area contributed by atoms with Gasteiger partial charge < -0.3 is 14.8 Å². The predicted octanol–water partition coefficient (Wildman–Crippen LogP) is 0.709. The highest BCUT2D eigenvalue weighted by Crippen LogP contribution is 2.16. The second-order valence-electron chi connectivity index (χ2n) is 3.79. The summed E-state index contributed by atoms with van der Waals surface area (Å²) < 4.78 is 5.35. The van der Waals surface area contributed by atoms with E-state index in [4.69, 9.17) is 9.52 Å². The molecular formula is C10H16N2O2. The van der Waals surface area contributed by atoms with Crippen molar-refractivity contribution in [1.29, 1.82) is 0 Å². The molecule has 0 radical (unpaired) electrons. The lowest BCUT2D eigenvalue weighted by Crippen LogP contribution is -2.30. The Balaban J connectivity index is 1.89. The number of aromatic nitrogens is 1. The maximum absolute atomic E-state index is 8.81. The number of oxazole rings is 1. The van der Waals surface area contributed by atoms with Gasteiger partial charge in [0.2, 0.25) is 0 Å². The number of aliphatic hydroxyl groups is 1. The van der Waals surface area contributed by atoms with Crippen LogP contribution in [0.4, 0.5) is 0 Å². The third-order valence-electron chi connectivity index (χ3n) is 2.62. The predicted molar refractivity (Wildman–Crippen MR) is 51.7 cm³/mol. The summed E-state index contributed by atoms with van der Waals surface area (Å²) in [6.45, 7) is 2.12. The highest BCUT2D eigenvalue weighted by atomic mass is 16.4. The Kier molecular flexibility index (Phi) is 3.16. The van der Waals surface area contributed by atoms with Crippen molar-refractivity contribution in [3.05, 3.63) is 17.8 Å². The quantitative estimate of drug-likeness (QED) is 0.747. The average Bonchev–Trinajstić information content (AvgIpc) is 2.67. The Labute approximate surface area is 83.3 Å². The second-order valence-corrected chi connectivity index (χ2v) is 3.79. The first-order valence-electron chi connectivity index (χ1n) is 5.13. The fourth-order valence-corrected chi connectivity index (χ4v) is 1.86. The van der Waals surface area contributed by atoms with Crippen LogP contribution in [-0.4, -0.2) is 23.2 Å². The third kappa shape index (κ3) is 2.33. The van der Waals surface area contributed by atoms with Crippen LogP contribution in [0.15, 0.2) is 10.6 Å². The summed E-state index contributed by atoms with van der Waals surface area (Å²) in [4.78, 5) is 4.13. The Morgan fingerprint density at radius 2 is 2.57 bits per heavy atom. The molecule has 2 rings (SSSR count). The molecule has 1 aliphatic heterocycles. The van der Waals surface area contributed by atoms with Crippen molar-refractivity contribution in [2.24, 2.45) is 5.92 Å². The van der Waals surface area contributed by atoms with Crippen LogP contribution in [0.25, 0.3) is 0 Å². The first-order chi connectivity index (χ1) is 6.88. The van der Waals surface area contributed by atoms with Gasteiger partial charge in [-0.05, 0) is 31.8 Å². The summed E-state index contributed by atoms with van der Waals surface area (Å²) in [6, 6.07) is 0. The summed E-state index contributed by atoms with van der Waals surface area (Å²) in [5, 5.41) is 12.2. The lowest BCUT2D eigenvalue weighted by Gasteiger charge is -2.21. The molecule has 1 aliphatic rings. The van der Waals surface area contributed by atoms with Crippen molar-refractivity contribution >= 4 is 0 Å². The standard InChI is InChI=1S/C10H16N2O2/c13-7-9-6-12-10(14-9)4-8-2-1-3-11-5-8/h6,8,11,13H,1-5,7H2. The molecule has 1 aromatic rings. The fourth-order valence-electron chi connectivity index (χ4n) is 1.86. The number of aliphatic hydroxyl groups excluding tert-OH is 1. The van der Waals surface area contributed by atoms with Crippen LogP contribution >= 0.6 is 0 Å². The molecule has 2 N–H and O–H groups in total. The number of hydrogen-bond acceptors (Lipinski definition) is 4. The maximum Gasteiger partial charge on any atom is 0.194 e. The number of hydrogen-bond donors (Lipinski definition) is 2. The van der Waals surface area contributed by atoms with Crippen LogP contribution in [-0.2, 0) is 13.0 Å². The Hall–Kier alpha value is -0.870. The molecule has 78 valence electrons. The minimum atomic E-state index is -0.0596. The highest BCUT2D eigenvalue weighted by molar-refractivity contribution is 4.93. The van der Waals surface area contributed by atoms with Crippen molar-refractivity contribution in [1.82, 2.24) is 10.3 Å². The summed E-state index contributed by atoms with van der Waals surface area (Å²) in [6.07, 6.45) is 4.96. The van der Waals surface area contributed by atoms with E-state index >= 15 is 0 Å². The van der Waals surface area contributed by atoms with Crippen LogP contribution in [0.2, 0.25) is 0 Å². The molecule has 14 heavy (non-hydrogen) atoms. The highest BCUT2D eigenvalue weighted by Gasteiger charge is 2.16. The number of piperidine rings is 1. The Bertz CT molecular complexity index is 279. The van der Waals surface area contributed by atoms with Gasteiger partial charge in [-0.25, -0.2) is 4.98 Å². The van der Waals surface area contributed by atoms with E-state index in [-0.39, 0.29) is 6.61 Å². The van der Waals surface area contributed by atoms with Gasteiger partial charge in [0, 0.05) is 6.42 Å². The molecule has 4 heteroatoms. The molecule has 1 fully saturated rings. The number of nitrogens with zero attached hydrogens (tertiary/aromatic N) is 1. The van der Waals surface area contributed by atoms with Gasteiger partial charge in [0.05, 0.1) is 6.20 Å². The van der Waals surface area contributed by atoms with E-state index in [0.717, 1.165) is 25.4 Å². The van der Waals surface area contributed by atoms with Gasteiger partial charge in [0.25, 0.3) is 0 Å². The zero-order valence-corrected chi connectivity index (χ0v) is 8.20. The summed E-state index contributed by atoms with van der Waals surface area (Å²) in [7, 11) is 0. The molecule has 0 spiro atoms. The molecule has 0 amide bonds. The van der Waals surface area contributed by atoms with E-state index in [1.165, 1.54) is 12.8 Å². The first kappa shape index (κ1) is 9.68. The van der Waals surface area contributed by atoms with E-state index in [9.17, 15) is 0 Å². The Morgan fingerprint density at radius 1 is 1.64 bits per heavy atom. The van der Waals surface area contributed by atoms with Crippen LogP contribution in [0.3, 0.4) is 0 Å². The lowest BCUT2D eigenvalue weighted by atomic mass is 9.96.